The summed E-state index contributed by atoms with van der Waals surface area (Å²) in [6.45, 7) is 3.07. The fraction of sp³-hybridized carbons (Fsp3) is 0.273. The average molecular weight is 460 g/mol. The van der Waals surface area contributed by atoms with E-state index in [1.54, 1.807) is 22.7 Å². The fourth-order valence-corrected chi connectivity index (χ4v) is 6.02. The lowest BCUT2D eigenvalue weighted by molar-refractivity contribution is 0.639. The van der Waals surface area contributed by atoms with Gasteiger partial charge in [-0.15, -0.1) is 22.7 Å². The molecule has 1 nitrogen and oxygen atoms in total. The maximum Gasteiger partial charge on any atom is 0.0762 e. The maximum atomic E-state index is 3.63. The van der Waals surface area contributed by atoms with Crippen LogP contribution in [0.15, 0.2) is 29.6 Å². The molecule has 1 N–H and O–H groups in total. The zero-order chi connectivity index (χ0) is 12.4. The highest BCUT2D eigenvalue weighted by molar-refractivity contribution is 9.12. The Hall–Kier alpha value is 0.800. The summed E-state index contributed by atoms with van der Waals surface area (Å²) in [4.78, 5) is 1.32. The topological polar surface area (TPSA) is 12.0 Å². The van der Waals surface area contributed by atoms with Crippen molar-refractivity contribution in [3.8, 4) is 0 Å². The van der Waals surface area contributed by atoms with Crippen molar-refractivity contribution in [1.29, 1.82) is 0 Å². The van der Waals surface area contributed by atoms with Gasteiger partial charge in [-0.05, 0) is 72.5 Å². The molecular formula is C11H10Br3NS2. The second-order valence-electron chi connectivity index (χ2n) is 3.41. The molecule has 0 aliphatic heterocycles. The molecular weight excluding hydrogens is 450 g/mol. The Morgan fingerprint density at radius 2 is 1.94 bits per heavy atom. The molecule has 1 atom stereocenters. The van der Waals surface area contributed by atoms with E-state index in [2.05, 4.69) is 78.2 Å². The second kappa shape index (κ2) is 6.30. The summed E-state index contributed by atoms with van der Waals surface area (Å²) in [5.74, 6) is 0. The van der Waals surface area contributed by atoms with E-state index in [0.717, 1.165) is 10.3 Å². The van der Waals surface area contributed by atoms with E-state index >= 15 is 0 Å². The lowest BCUT2D eigenvalue weighted by Gasteiger charge is -2.15. The van der Waals surface area contributed by atoms with Gasteiger partial charge in [-0.3, -0.25) is 0 Å². The van der Waals surface area contributed by atoms with Crippen molar-refractivity contribution in [2.45, 2.75) is 13.0 Å². The third-order valence-corrected chi connectivity index (χ3v) is 6.36. The largest absolute Gasteiger partial charge is 0.306 e. The van der Waals surface area contributed by atoms with Crippen LogP contribution < -0.4 is 5.32 Å². The molecule has 0 spiro atoms. The molecule has 2 aromatic rings. The fourth-order valence-electron chi connectivity index (χ4n) is 1.60. The van der Waals surface area contributed by atoms with E-state index in [1.165, 1.54) is 18.0 Å². The minimum Gasteiger partial charge on any atom is -0.306 e. The first-order valence-corrected chi connectivity index (χ1v) is 9.06. The number of nitrogens with one attached hydrogen (secondary N) is 1. The van der Waals surface area contributed by atoms with E-state index < -0.39 is 0 Å². The van der Waals surface area contributed by atoms with Gasteiger partial charge >= 0.3 is 0 Å². The molecule has 0 aromatic carbocycles. The summed E-state index contributed by atoms with van der Waals surface area (Å²) < 4.78 is 3.50. The number of hydrogen-bond donors (Lipinski definition) is 1. The molecule has 92 valence electrons. The van der Waals surface area contributed by atoms with Gasteiger partial charge in [0.25, 0.3) is 0 Å². The number of hydrogen-bond acceptors (Lipinski definition) is 3. The summed E-state index contributed by atoms with van der Waals surface area (Å²) >= 11 is 14.2. The van der Waals surface area contributed by atoms with Crippen LogP contribution in [0.1, 0.15) is 23.4 Å². The Labute approximate surface area is 134 Å². The first-order valence-electron chi connectivity index (χ1n) is 5.05. The molecule has 0 amide bonds. The van der Waals surface area contributed by atoms with Crippen LogP contribution >= 0.6 is 70.5 Å². The molecule has 1 unspecified atom stereocenters. The highest BCUT2D eigenvalue weighted by Crippen LogP contribution is 2.40. The Kier molecular flexibility index (Phi) is 5.27. The Balaban J connectivity index is 2.38. The minimum atomic E-state index is 0.258. The Bertz CT molecular complexity index is 507. The zero-order valence-electron chi connectivity index (χ0n) is 8.97. The third-order valence-electron chi connectivity index (χ3n) is 2.28. The normalized spacial score (nSPS) is 12.9. The quantitative estimate of drug-likeness (QED) is 0.609. The number of thiophene rings is 2. The highest BCUT2D eigenvalue weighted by atomic mass is 79.9. The molecule has 17 heavy (non-hydrogen) atoms. The van der Waals surface area contributed by atoms with Crippen LogP contribution in [-0.4, -0.2) is 6.54 Å². The Morgan fingerprint density at radius 1 is 1.18 bits per heavy atom. The van der Waals surface area contributed by atoms with Crippen molar-refractivity contribution in [2.24, 2.45) is 0 Å². The van der Waals surface area contributed by atoms with Crippen molar-refractivity contribution in [3.63, 3.8) is 0 Å². The van der Waals surface area contributed by atoms with E-state index in [0.29, 0.717) is 0 Å². The minimum absolute atomic E-state index is 0.258. The van der Waals surface area contributed by atoms with Gasteiger partial charge in [-0.2, -0.15) is 0 Å². The van der Waals surface area contributed by atoms with Crippen molar-refractivity contribution in [2.75, 3.05) is 6.54 Å². The SMILES string of the molecule is CCNC(c1ccc(Br)s1)c1cc(Br)sc1Br. The molecule has 0 aliphatic carbocycles. The van der Waals surface area contributed by atoms with Crippen LogP contribution in [-0.2, 0) is 0 Å². The van der Waals surface area contributed by atoms with E-state index in [-0.39, 0.29) is 6.04 Å². The lowest BCUT2D eigenvalue weighted by atomic mass is 10.1. The van der Waals surface area contributed by atoms with Crippen LogP contribution in [0, 0.1) is 0 Å². The zero-order valence-corrected chi connectivity index (χ0v) is 15.4. The van der Waals surface area contributed by atoms with Crippen molar-refractivity contribution in [3.05, 3.63) is 40.0 Å². The van der Waals surface area contributed by atoms with E-state index in [9.17, 15) is 0 Å². The molecule has 0 saturated carbocycles. The van der Waals surface area contributed by atoms with Crippen LogP contribution in [0.2, 0.25) is 0 Å². The van der Waals surface area contributed by atoms with Crippen LogP contribution in [0.5, 0.6) is 0 Å². The van der Waals surface area contributed by atoms with Gasteiger partial charge in [0, 0.05) is 10.4 Å². The summed E-state index contributed by atoms with van der Waals surface area (Å²) in [6, 6.07) is 6.70. The van der Waals surface area contributed by atoms with Gasteiger partial charge in [-0.25, -0.2) is 0 Å². The average Bonchev–Trinajstić information content (AvgIpc) is 2.82. The van der Waals surface area contributed by atoms with Crippen LogP contribution in [0.4, 0.5) is 0 Å². The van der Waals surface area contributed by atoms with Gasteiger partial charge < -0.3 is 5.32 Å². The van der Waals surface area contributed by atoms with Crippen LogP contribution in [0.3, 0.4) is 0 Å². The third kappa shape index (κ3) is 3.42. The van der Waals surface area contributed by atoms with Crippen molar-refractivity contribution >= 4 is 70.5 Å². The molecule has 2 aromatic heterocycles. The van der Waals surface area contributed by atoms with Gasteiger partial charge in [0.1, 0.15) is 0 Å². The van der Waals surface area contributed by atoms with Gasteiger partial charge in [0.15, 0.2) is 0 Å². The summed E-state index contributed by atoms with van der Waals surface area (Å²) in [5.41, 5.74) is 1.29. The molecule has 0 saturated heterocycles. The van der Waals surface area contributed by atoms with Gasteiger partial charge in [0.05, 0.1) is 17.4 Å². The second-order valence-corrected chi connectivity index (χ2v) is 9.66. The number of rotatable bonds is 4. The summed E-state index contributed by atoms with van der Waals surface area (Å²) in [5, 5.41) is 3.53. The molecule has 0 radical (unpaired) electrons. The van der Waals surface area contributed by atoms with E-state index in [4.69, 9.17) is 0 Å². The van der Waals surface area contributed by atoms with Crippen molar-refractivity contribution < 1.29 is 0 Å². The maximum absolute atomic E-state index is 3.63. The molecule has 0 fully saturated rings. The summed E-state index contributed by atoms with van der Waals surface area (Å²) in [7, 11) is 0. The molecule has 6 heteroatoms. The smallest absolute Gasteiger partial charge is 0.0762 e. The first kappa shape index (κ1) is 14.2. The monoisotopic (exact) mass is 457 g/mol. The lowest BCUT2D eigenvalue weighted by Crippen LogP contribution is -2.20. The highest BCUT2D eigenvalue weighted by Gasteiger charge is 2.19. The predicted molar refractivity (Wildman–Crippen MR) is 87.3 cm³/mol. The predicted octanol–water partition coefficient (Wildman–Crippen LogP) is 5.80. The molecule has 0 aliphatic rings. The molecule has 2 rings (SSSR count). The Morgan fingerprint density at radius 3 is 2.41 bits per heavy atom. The van der Waals surface area contributed by atoms with Crippen molar-refractivity contribution in [1.82, 2.24) is 5.32 Å². The summed E-state index contributed by atoms with van der Waals surface area (Å²) in [6.07, 6.45) is 0. The molecule has 2 heterocycles. The van der Waals surface area contributed by atoms with Crippen LogP contribution in [0.25, 0.3) is 0 Å². The van der Waals surface area contributed by atoms with Gasteiger partial charge in [0.2, 0.25) is 0 Å². The number of halogens is 3. The van der Waals surface area contributed by atoms with Gasteiger partial charge in [-0.1, -0.05) is 6.92 Å². The molecule has 0 bridgehead atoms. The van der Waals surface area contributed by atoms with E-state index in [1.807, 2.05) is 0 Å². The first-order chi connectivity index (χ1) is 8.11. The standard InChI is InChI=1S/C11H10Br3NS2/c1-2-15-10(7-3-4-8(12)16-7)6-5-9(13)17-11(6)14/h3-5,10,15H,2H2,1H3.